The minimum absolute atomic E-state index is 0.205. The fourth-order valence-electron chi connectivity index (χ4n) is 2.72. The number of anilines is 1. The average Bonchev–Trinajstić information content (AvgIpc) is 3.22. The molecule has 0 saturated heterocycles. The van der Waals surface area contributed by atoms with Crippen LogP contribution in [0.15, 0.2) is 53.4 Å². The lowest BCUT2D eigenvalue weighted by Gasteiger charge is -2.21. The molecule has 0 atom stereocenters. The van der Waals surface area contributed by atoms with E-state index in [9.17, 15) is 12.8 Å². The second kappa shape index (κ2) is 9.50. The van der Waals surface area contributed by atoms with Gasteiger partial charge in [-0.25, -0.2) is 17.8 Å². The first kappa shape index (κ1) is 22.1. The summed E-state index contributed by atoms with van der Waals surface area (Å²) in [6.45, 7) is 0.702. The molecule has 0 spiro atoms. The van der Waals surface area contributed by atoms with Crippen molar-refractivity contribution < 1.29 is 17.5 Å². The number of hydrogen-bond donors (Lipinski definition) is 0. The van der Waals surface area contributed by atoms with Gasteiger partial charge in [0.25, 0.3) is 0 Å². The third-order valence-corrected chi connectivity index (χ3v) is 7.35. The van der Waals surface area contributed by atoms with Crippen LogP contribution in [-0.4, -0.2) is 56.4 Å². The van der Waals surface area contributed by atoms with Crippen molar-refractivity contribution in [3.05, 3.63) is 65.7 Å². The van der Waals surface area contributed by atoms with Crippen LogP contribution in [-0.2, 0) is 16.4 Å². The number of ether oxygens (including phenoxy) is 1. The molecule has 0 aliphatic carbocycles. The van der Waals surface area contributed by atoms with E-state index in [4.69, 9.17) is 4.74 Å². The molecule has 0 aliphatic heterocycles. The van der Waals surface area contributed by atoms with E-state index in [1.54, 1.807) is 30.3 Å². The predicted octanol–water partition coefficient (Wildman–Crippen LogP) is 3.03. The summed E-state index contributed by atoms with van der Waals surface area (Å²) >= 11 is 1.20. The molecular formula is C20H23FN4O3S2. The lowest BCUT2D eigenvalue weighted by atomic mass is 10.1. The molecule has 0 bridgehead atoms. The topological polar surface area (TPSA) is 75.6 Å². The Bertz CT molecular complexity index is 1090. The van der Waals surface area contributed by atoms with Crippen LogP contribution >= 0.6 is 11.5 Å². The second-order valence-corrected chi connectivity index (χ2v) is 9.46. The summed E-state index contributed by atoms with van der Waals surface area (Å²) in [5.41, 5.74) is 0.537. The van der Waals surface area contributed by atoms with Gasteiger partial charge in [-0.15, -0.1) is 0 Å². The maximum absolute atomic E-state index is 13.8. The Hall–Kier alpha value is -2.56. The highest BCUT2D eigenvalue weighted by Crippen LogP contribution is 2.21. The largest absolute Gasteiger partial charge is 0.497 e. The van der Waals surface area contributed by atoms with E-state index < -0.39 is 10.0 Å². The molecule has 10 heteroatoms. The summed E-state index contributed by atoms with van der Waals surface area (Å²) in [6, 6.07) is 12.8. The lowest BCUT2D eigenvalue weighted by molar-refractivity contribution is 0.414. The van der Waals surface area contributed by atoms with E-state index in [2.05, 4.69) is 9.36 Å². The van der Waals surface area contributed by atoms with Gasteiger partial charge in [-0.1, -0.05) is 18.2 Å². The van der Waals surface area contributed by atoms with E-state index in [1.165, 1.54) is 48.2 Å². The molecule has 0 radical (unpaired) electrons. The molecule has 30 heavy (non-hydrogen) atoms. The van der Waals surface area contributed by atoms with Gasteiger partial charge < -0.3 is 9.64 Å². The molecule has 0 amide bonds. The van der Waals surface area contributed by atoms with Gasteiger partial charge in [0.05, 0.1) is 12.0 Å². The van der Waals surface area contributed by atoms with Crippen molar-refractivity contribution in [1.82, 2.24) is 13.7 Å². The van der Waals surface area contributed by atoms with Crippen LogP contribution in [0, 0.1) is 5.82 Å². The SMILES string of the molecule is COc1ccc(S(=O)(=O)N(C)CCN(C)c2nc(Cc3ccccc3F)ns2)cc1. The van der Waals surface area contributed by atoms with Crippen molar-refractivity contribution in [2.24, 2.45) is 0 Å². The normalized spacial score (nSPS) is 11.6. The Kier molecular flexibility index (Phi) is 7.01. The van der Waals surface area contributed by atoms with Crippen LogP contribution in [0.3, 0.4) is 0 Å². The Labute approximate surface area is 180 Å². The molecule has 0 fully saturated rings. The zero-order valence-corrected chi connectivity index (χ0v) is 18.6. The average molecular weight is 451 g/mol. The van der Waals surface area contributed by atoms with Gasteiger partial charge in [-0.2, -0.15) is 8.68 Å². The van der Waals surface area contributed by atoms with Crippen molar-refractivity contribution in [1.29, 1.82) is 0 Å². The van der Waals surface area contributed by atoms with E-state index >= 15 is 0 Å². The van der Waals surface area contributed by atoms with Crippen molar-refractivity contribution >= 4 is 26.7 Å². The molecule has 7 nitrogen and oxygen atoms in total. The number of sulfonamides is 1. The highest BCUT2D eigenvalue weighted by atomic mass is 32.2. The highest BCUT2D eigenvalue weighted by molar-refractivity contribution is 7.89. The Morgan fingerprint density at radius 3 is 2.43 bits per heavy atom. The monoisotopic (exact) mass is 450 g/mol. The smallest absolute Gasteiger partial charge is 0.242 e. The number of aromatic nitrogens is 2. The Balaban J connectivity index is 1.60. The molecule has 0 unspecified atom stereocenters. The summed E-state index contributed by atoms with van der Waals surface area (Å²) < 4.78 is 49.9. The van der Waals surface area contributed by atoms with Gasteiger partial charge in [-0.05, 0) is 35.9 Å². The minimum Gasteiger partial charge on any atom is -0.497 e. The molecule has 0 aliphatic rings. The highest BCUT2D eigenvalue weighted by Gasteiger charge is 2.21. The standard InChI is InChI=1S/C20H23FN4O3S2/c1-24(20-22-19(23-29-20)14-15-6-4-5-7-18(15)21)12-13-25(2)30(26,27)17-10-8-16(28-3)9-11-17/h4-11H,12-14H2,1-3H3. The fourth-order valence-corrected chi connectivity index (χ4v) is 4.55. The van der Waals surface area contributed by atoms with Crippen LogP contribution in [0.4, 0.5) is 9.52 Å². The van der Waals surface area contributed by atoms with E-state index in [-0.39, 0.29) is 17.3 Å². The quantitative estimate of drug-likeness (QED) is 0.499. The predicted molar refractivity (Wildman–Crippen MR) is 115 cm³/mol. The van der Waals surface area contributed by atoms with Gasteiger partial charge >= 0.3 is 0 Å². The van der Waals surface area contributed by atoms with Crippen LogP contribution < -0.4 is 9.64 Å². The third kappa shape index (κ3) is 5.13. The molecule has 0 saturated carbocycles. The zero-order chi connectivity index (χ0) is 21.7. The van der Waals surface area contributed by atoms with Crippen LogP contribution in [0.5, 0.6) is 5.75 Å². The van der Waals surface area contributed by atoms with Crippen LogP contribution in [0.25, 0.3) is 0 Å². The second-order valence-electron chi connectivity index (χ2n) is 6.69. The number of rotatable bonds is 9. The summed E-state index contributed by atoms with van der Waals surface area (Å²) in [6.07, 6.45) is 0.308. The molecule has 0 N–H and O–H groups in total. The summed E-state index contributed by atoms with van der Waals surface area (Å²) in [7, 11) is 1.28. The fraction of sp³-hybridized carbons (Fsp3) is 0.300. The number of benzene rings is 2. The summed E-state index contributed by atoms with van der Waals surface area (Å²) in [5, 5.41) is 0.650. The first-order chi connectivity index (χ1) is 14.3. The van der Waals surface area contributed by atoms with Crippen LogP contribution in [0.1, 0.15) is 11.4 Å². The molecular weight excluding hydrogens is 427 g/mol. The first-order valence-electron chi connectivity index (χ1n) is 9.19. The molecule has 160 valence electrons. The molecule has 3 rings (SSSR count). The Morgan fingerprint density at radius 1 is 1.07 bits per heavy atom. The molecule has 1 aromatic heterocycles. The maximum atomic E-state index is 13.8. The van der Waals surface area contributed by atoms with Crippen molar-refractivity contribution in [2.75, 3.05) is 39.2 Å². The van der Waals surface area contributed by atoms with Gasteiger partial charge in [0.2, 0.25) is 15.2 Å². The van der Waals surface area contributed by atoms with Gasteiger partial charge in [0.1, 0.15) is 17.4 Å². The van der Waals surface area contributed by atoms with Crippen molar-refractivity contribution in [3.63, 3.8) is 0 Å². The molecule has 3 aromatic rings. The van der Waals surface area contributed by atoms with Crippen molar-refractivity contribution in [3.8, 4) is 5.75 Å². The maximum Gasteiger partial charge on any atom is 0.242 e. The van der Waals surface area contributed by atoms with E-state index in [0.717, 1.165) is 0 Å². The minimum atomic E-state index is -3.61. The number of nitrogens with zero attached hydrogens (tertiary/aromatic N) is 4. The number of hydrogen-bond acceptors (Lipinski definition) is 7. The third-order valence-electron chi connectivity index (χ3n) is 4.61. The number of halogens is 1. The van der Waals surface area contributed by atoms with Gasteiger partial charge in [0, 0.05) is 45.1 Å². The molecule has 1 heterocycles. The van der Waals surface area contributed by atoms with Gasteiger partial charge in [0.15, 0.2) is 0 Å². The van der Waals surface area contributed by atoms with Crippen molar-refractivity contribution in [2.45, 2.75) is 11.3 Å². The van der Waals surface area contributed by atoms with E-state index in [1.807, 2.05) is 11.9 Å². The summed E-state index contributed by atoms with van der Waals surface area (Å²) in [4.78, 5) is 6.49. The zero-order valence-electron chi connectivity index (χ0n) is 16.9. The van der Waals surface area contributed by atoms with Crippen LogP contribution in [0.2, 0.25) is 0 Å². The summed E-state index contributed by atoms with van der Waals surface area (Å²) in [5.74, 6) is 0.845. The Morgan fingerprint density at radius 2 is 1.77 bits per heavy atom. The molecule has 2 aromatic carbocycles. The lowest BCUT2D eigenvalue weighted by Crippen LogP contribution is -2.34. The number of methoxy groups -OCH3 is 1. The van der Waals surface area contributed by atoms with Gasteiger partial charge in [-0.3, -0.25) is 0 Å². The van der Waals surface area contributed by atoms with E-state index in [0.29, 0.717) is 35.2 Å². The first-order valence-corrected chi connectivity index (χ1v) is 11.4. The number of likely N-dealkylation sites (N-methyl/N-ethyl adjacent to an activating group) is 2.